The van der Waals surface area contributed by atoms with Crippen LogP contribution in [0.3, 0.4) is 0 Å². The lowest BCUT2D eigenvalue weighted by atomic mass is 9.67. The van der Waals surface area contributed by atoms with Crippen molar-refractivity contribution in [1.82, 2.24) is 0 Å². The SMILES string of the molecule is CC(C)(C)c1ccc2c(c1)C1(c3cc(C(C)(C)C)ccc3-2)c2ccccc2-c2cccc(-c3ccc(N(c4ccc5c(c4)C(C)(C)c4ccccc4-5)c4ccc5c(c4)C(C)(C)c4ccccc4-5)cc3)c21. The van der Waals surface area contributed by atoms with Crippen molar-refractivity contribution in [1.29, 1.82) is 0 Å². The van der Waals surface area contributed by atoms with Crippen molar-refractivity contribution in [2.75, 3.05) is 4.90 Å². The highest BCUT2D eigenvalue weighted by Crippen LogP contribution is 2.65. The van der Waals surface area contributed by atoms with Crippen LogP contribution in [0, 0.1) is 0 Å². The topological polar surface area (TPSA) is 3.24 Å². The van der Waals surface area contributed by atoms with Gasteiger partial charge in [-0.2, -0.15) is 0 Å². The van der Waals surface area contributed by atoms with Gasteiger partial charge in [-0.1, -0.05) is 221 Å². The molecule has 1 spiro atoms. The average molecular weight is 904 g/mol. The van der Waals surface area contributed by atoms with Gasteiger partial charge >= 0.3 is 0 Å². The molecule has 0 fully saturated rings. The molecule has 0 bridgehead atoms. The zero-order valence-corrected chi connectivity index (χ0v) is 42.3. The van der Waals surface area contributed by atoms with Crippen LogP contribution in [0.4, 0.5) is 17.1 Å². The van der Waals surface area contributed by atoms with Gasteiger partial charge in [-0.15, -0.1) is 0 Å². The molecule has 0 radical (unpaired) electrons. The lowest BCUT2D eigenvalue weighted by Crippen LogP contribution is -2.28. The van der Waals surface area contributed by atoms with E-state index in [9.17, 15) is 0 Å². The number of rotatable bonds is 4. The maximum absolute atomic E-state index is 2.56. The fourth-order valence-corrected chi connectivity index (χ4v) is 13.3. The van der Waals surface area contributed by atoms with Gasteiger partial charge in [0.05, 0.1) is 5.41 Å². The van der Waals surface area contributed by atoms with Crippen LogP contribution in [0.5, 0.6) is 0 Å². The summed E-state index contributed by atoms with van der Waals surface area (Å²) in [4.78, 5) is 2.50. The molecular formula is C69H61N. The van der Waals surface area contributed by atoms with E-state index in [-0.39, 0.29) is 21.7 Å². The predicted octanol–water partition coefficient (Wildman–Crippen LogP) is 18.4. The summed E-state index contributed by atoms with van der Waals surface area (Å²) in [5.74, 6) is 0. The summed E-state index contributed by atoms with van der Waals surface area (Å²) in [5, 5.41) is 0. The fraction of sp³-hybridized carbons (Fsp3) is 0.217. The molecule has 0 unspecified atom stereocenters. The average Bonchev–Trinajstić information content (AvgIpc) is 3.98. The highest BCUT2D eigenvalue weighted by molar-refractivity contribution is 5.99. The largest absolute Gasteiger partial charge is 0.310 e. The van der Waals surface area contributed by atoms with E-state index in [1.165, 1.54) is 123 Å². The Labute approximate surface area is 415 Å². The van der Waals surface area contributed by atoms with Crippen molar-refractivity contribution in [2.45, 2.75) is 96.3 Å². The molecule has 0 saturated heterocycles. The van der Waals surface area contributed by atoms with Crippen LogP contribution >= 0.6 is 0 Å². The second-order valence-corrected chi connectivity index (χ2v) is 23.7. The molecule has 342 valence electrons. The van der Waals surface area contributed by atoms with Crippen molar-refractivity contribution >= 4 is 17.1 Å². The number of benzene rings is 9. The van der Waals surface area contributed by atoms with E-state index in [0.717, 1.165) is 5.69 Å². The summed E-state index contributed by atoms with van der Waals surface area (Å²) >= 11 is 0. The van der Waals surface area contributed by atoms with Crippen molar-refractivity contribution in [2.24, 2.45) is 0 Å². The molecule has 1 nitrogen and oxygen atoms in total. The zero-order valence-electron chi connectivity index (χ0n) is 42.3. The molecular weight excluding hydrogens is 843 g/mol. The number of anilines is 3. The summed E-state index contributed by atoms with van der Waals surface area (Å²) in [6.45, 7) is 23.6. The van der Waals surface area contributed by atoms with Gasteiger partial charge in [-0.05, 0) is 158 Å². The van der Waals surface area contributed by atoms with Crippen molar-refractivity contribution in [3.05, 3.63) is 244 Å². The number of fused-ring (bicyclic) bond motifs is 16. The van der Waals surface area contributed by atoms with Gasteiger partial charge in [0.2, 0.25) is 0 Å². The van der Waals surface area contributed by atoms with Gasteiger partial charge in [0.1, 0.15) is 0 Å². The predicted molar refractivity (Wildman–Crippen MR) is 295 cm³/mol. The summed E-state index contributed by atoms with van der Waals surface area (Å²) in [7, 11) is 0. The minimum atomic E-state index is -0.496. The van der Waals surface area contributed by atoms with Crippen molar-refractivity contribution < 1.29 is 0 Å². The van der Waals surface area contributed by atoms with E-state index in [2.05, 4.69) is 262 Å². The summed E-state index contributed by atoms with van der Waals surface area (Å²) in [6.07, 6.45) is 0. The molecule has 0 atom stereocenters. The van der Waals surface area contributed by atoms with Gasteiger partial charge < -0.3 is 4.90 Å². The first-order chi connectivity index (χ1) is 33.5. The monoisotopic (exact) mass is 903 g/mol. The Hall–Kier alpha value is -7.22. The van der Waals surface area contributed by atoms with E-state index in [1.54, 1.807) is 0 Å². The number of hydrogen-bond donors (Lipinski definition) is 0. The molecule has 0 N–H and O–H groups in total. The Morgan fingerprint density at radius 3 is 1.16 bits per heavy atom. The normalized spacial score (nSPS) is 15.6. The van der Waals surface area contributed by atoms with E-state index in [4.69, 9.17) is 0 Å². The van der Waals surface area contributed by atoms with Gasteiger partial charge in [0.15, 0.2) is 0 Å². The quantitative estimate of drug-likeness (QED) is 0.170. The molecule has 9 aromatic rings. The molecule has 0 heterocycles. The molecule has 13 rings (SSSR count). The highest BCUT2D eigenvalue weighted by atomic mass is 15.1. The van der Waals surface area contributed by atoms with Crippen LogP contribution in [0.1, 0.15) is 125 Å². The van der Waals surface area contributed by atoms with E-state index in [1.807, 2.05) is 0 Å². The van der Waals surface area contributed by atoms with Gasteiger partial charge in [0.25, 0.3) is 0 Å². The highest BCUT2D eigenvalue weighted by Gasteiger charge is 2.53. The van der Waals surface area contributed by atoms with Gasteiger partial charge in [-0.3, -0.25) is 0 Å². The molecule has 0 aliphatic heterocycles. The summed E-state index contributed by atoms with van der Waals surface area (Å²) in [6, 6.07) is 72.8. The third-order valence-corrected chi connectivity index (χ3v) is 17.0. The molecule has 0 amide bonds. The first-order valence-electron chi connectivity index (χ1n) is 25.4. The zero-order chi connectivity index (χ0) is 48.3. The minimum Gasteiger partial charge on any atom is -0.310 e. The van der Waals surface area contributed by atoms with Crippen LogP contribution in [-0.2, 0) is 27.1 Å². The Bertz CT molecular complexity index is 3500. The van der Waals surface area contributed by atoms with E-state index >= 15 is 0 Å². The first-order valence-corrected chi connectivity index (χ1v) is 25.4. The van der Waals surface area contributed by atoms with Crippen LogP contribution < -0.4 is 4.90 Å². The molecule has 70 heavy (non-hydrogen) atoms. The van der Waals surface area contributed by atoms with Crippen molar-refractivity contribution in [3.8, 4) is 55.6 Å². The second-order valence-electron chi connectivity index (χ2n) is 23.7. The molecule has 1 heteroatoms. The number of nitrogens with zero attached hydrogens (tertiary/aromatic N) is 1. The van der Waals surface area contributed by atoms with Crippen LogP contribution in [0.2, 0.25) is 0 Å². The smallest absolute Gasteiger partial charge is 0.0731 e. The van der Waals surface area contributed by atoms with Crippen molar-refractivity contribution in [3.63, 3.8) is 0 Å². The third kappa shape index (κ3) is 5.78. The summed E-state index contributed by atoms with van der Waals surface area (Å²) in [5.41, 5.74) is 29.7. The van der Waals surface area contributed by atoms with E-state index in [0.29, 0.717) is 0 Å². The Balaban J connectivity index is 1.01. The maximum Gasteiger partial charge on any atom is 0.0731 e. The Morgan fingerprint density at radius 1 is 0.300 bits per heavy atom. The van der Waals surface area contributed by atoms with Gasteiger partial charge in [-0.25, -0.2) is 0 Å². The Morgan fingerprint density at radius 2 is 0.671 bits per heavy atom. The fourth-order valence-electron chi connectivity index (χ4n) is 13.3. The lowest BCUT2D eigenvalue weighted by Gasteiger charge is -2.34. The molecule has 9 aromatic carbocycles. The molecule has 0 aromatic heterocycles. The third-order valence-electron chi connectivity index (χ3n) is 17.0. The molecule has 0 saturated carbocycles. The second kappa shape index (κ2) is 14.4. The standard InChI is InChI=1S/C69H61N/c1-65(2,3)43-28-34-54-55-35-29-44(66(4,5)6)39-63(55)69(62(54)38-43)59-25-16-13-20-51(59)56-22-17-21-48(64(56)69)42-26-30-45(31-27-42)70(46-32-36-52-49-18-11-14-23-57(49)67(7,8)60(52)40-46)47-33-37-53-50-19-12-15-24-58(50)68(9,10)61(53)41-47/h11-41H,1-10H3. The number of hydrogen-bond acceptors (Lipinski definition) is 1. The van der Waals surface area contributed by atoms with E-state index < -0.39 is 5.41 Å². The van der Waals surface area contributed by atoms with Crippen LogP contribution in [0.25, 0.3) is 55.6 Å². The first kappa shape index (κ1) is 42.8. The summed E-state index contributed by atoms with van der Waals surface area (Å²) < 4.78 is 0. The molecule has 4 aliphatic carbocycles. The maximum atomic E-state index is 2.56. The Kier molecular flexibility index (Phi) is 8.83. The van der Waals surface area contributed by atoms with Crippen LogP contribution in [0.15, 0.2) is 188 Å². The molecule has 4 aliphatic rings. The minimum absolute atomic E-state index is 0.0130. The van der Waals surface area contributed by atoms with Crippen LogP contribution in [-0.4, -0.2) is 0 Å². The van der Waals surface area contributed by atoms with Gasteiger partial charge in [0, 0.05) is 27.9 Å². The lowest BCUT2D eigenvalue weighted by molar-refractivity contribution is 0.586.